The average Bonchev–Trinajstić information content (AvgIpc) is 2.57. The Bertz CT molecular complexity index is 352. The maximum absolute atomic E-state index is 4.60. The third-order valence-corrected chi connectivity index (χ3v) is 5.41. The van der Waals surface area contributed by atoms with Crippen LogP contribution in [0.2, 0.25) is 0 Å². The van der Waals surface area contributed by atoms with Gasteiger partial charge in [-0.1, -0.05) is 102 Å². The molecule has 1 aromatic carbocycles. The molecular weight excluding hydrogens is 320 g/mol. The largest absolute Gasteiger partial charge is 0.179 e. The summed E-state index contributed by atoms with van der Waals surface area (Å²) in [5, 5.41) is 0. The molecule has 2 atom stereocenters. The van der Waals surface area contributed by atoms with E-state index < -0.39 is 0 Å². The minimum atomic E-state index is 0. The summed E-state index contributed by atoms with van der Waals surface area (Å²) in [7, 11) is 0. The molecule has 0 heterocycles. The predicted octanol–water partition coefficient (Wildman–Crippen LogP) is 7.68. The Kier molecular flexibility index (Phi) is 15.3. The van der Waals surface area contributed by atoms with E-state index in [0.29, 0.717) is 5.92 Å². The van der Waals surface area contributed by atoms with Gasteiger partial charge < -0.3 is 0 Å². The molecule has 0 aliphatic carbocycles. The van der Waals surface area contributed by atoms with Crippen LogP contribution in [0.15, 0.2) is 30.3 Å². The first-order chi connectivity index (χ1) is 10.8. The van der Waals surface area contributed by atoms with Crippen molar-refractivity contribution in [3.63, 3.8) is 0 Å². The Morgan fingerprint density at radius 2 is 1.35 bits per heavy atom. The number of rotatable bonds is 13. The van der Waals surface area contributed by atoms with Crippen LogP contribution in [0, 0.1) is 5.92 Å². The summed E-state index contributed by atoms with van der Waals surface area (Å²) in [6, 6.07) is 10.9. The Balaban J connectivity index is 0.00000484. The van der Waals surface area contributed by atoms with Crippen molar-refractivity contribution in [2.24, 2.45) is 5.92 Å². The number of hydrogen-bond acceptors (Lipinski definition) is 1. The maximum Gasteiger partial charge on any atom is -0.00638 e. The lowest BCUT2D eigenvalue weighted by Crippen LogP contribution is -2.12. The number of benzene rings is 1. The molecule has 0 bridgehead atoms. The molecule has 2 heteroatoms. The van der Waals surface area contributed by atoms with Crippen molar-refractivity contribution in [2.45, 2.75) is 84.0 Å². The molecule has 1 aromatic rings. The first-order valence-corrected chi connectivity index (χ1v) is 10.1. The van der Waals surface area contributed by atoms with Gasteiger partial charge >= 0.3 is 0 Å². The molecule has 23 heavy (non-hydrogen) atoms. The third kappa shape index (κ3) is 10.4. The van der Waals surface area contributed by atoms with Crippen molar-refractivity contribution in [3.05, 3.63) is 35.9 Å². The standard InChI is InChI=1S/C21H36S.ClH/c1-3-4-5-6-7-8-9-10-12-17-21(18-22)19(2)20-15-13-11-14-16-20;/h11,13-16,19,21-22H,3-10,12,17-18H2,1-2H3;1H. The zero-order chi connectivity index (χ0) is 16.0. The normalized spacial score (nSPS) is 13.3. The van der Waals surface area contributed by atoms with Crippen LogP contribution in [0.3, 0.4) is 0 Å². The van der Waals surface area contributed by atoms with E-state index in [1.165, 1.54) is 69.8 Å². The molecule has 0 radical (unpaired) electrons. The minimum Gasteiger partial charge on any atom is -0.179 e. The molecule has 0 saturated heterocycles. The highest BCUT2D eigenvalue weighted by Crippen LogP contribution is 2.29. The van der Waals surface area contributed by atoms with Gasteiger partial charge in [-0.05, 0) is 29.6 Å². The highest BCUT2D eigenvalue weighted by Gasteiger charge is 2.16. The van der Waals surface area contributed by atoms with Crippen LogP contribution >= 0.6 is 25.0 Å². The Labute approximate surface area is 156 Å². The summed E-state index contributed by atoms with van der Waals surface area (Å²) in [6.07, 6.45) is 14.0. The van der Waals surface area contributed by atoms with Crippen molar-refractivity contribution in [2.75, 3.05) is 5.75 Å². The molecule has 0 fully saturated rings. The van der Waals surface area contributed by atoms with Crippen molar-refractivity contribution in [1.29, 1.82) is 0 Å². The highest BCUT2D eigenvalue weighted by atomic mass is 35.5. The lowest BCUT2D eigenvalue weighted by atomic mass is 9.85. The van der Waals surface area contributed by atoms with Crippen LogP contribution in [0.25, 0.3) is 0 Å². The van der Waals surface area contributed by atoms with Gasteiger partial charge in [-0.3, -0.25) is 0 Å². The lowest BCUT2D eigenvalue weighted by molar-refractivity contribution is 0.432. The number of thiol groups is 1. The quantitative estimate of drug-likeness (QED) is 0.272. The fourth-order valence-corrected chi connectivity index (χ4v) is 3.74. The number of hydrogen-bond donors (Lipinski definition) is 1. The molecule has 0 nitrogen and oxygen atoms in total. The summed E-state index contributed by atoms with van der Waals surface area (Å²) in [6.45, 7) is 4.65. The smallest absolute Gasteiger partial charge is 0.00638 e. The zero-order valence-electron chi connectivity index (χ0n) is 15.2. The highest BCUT2D eigenvalue weighted by molar-refractivity contribution is 7.80. The SMILES string of the molecule is CCCCCCCCCCCC(CS)C(C)c1ccccc1.Cl. The lowest BCUT2D eigenvalue weighted by Gasteiger charge is -2.22. The summed E-state index contributed by atoms with van der Waals surface area (Å²) in [5.74, 6) is 2.36. The van der Waals surface area contributed by atoms with Gasteiger partial charge in [0.15, 0.2) is 0 Å². The van der Waals surface area contributed by atoms with E-state index in [1.807, 2.05) is 0 Å². The Hall–Kier alpha value is -0.140. The first kappa shape index (κ1) is 22.9. The second-order valence-electron chi connectivity index (χ2n) is 6.76. The monoisotopic (exact) mass is 356 g/mol. The molecule has 0 aromatic heterocycles. The van der Waals surface area contributed by atoms with Crippen LogP contribution in [0.4, 0.5) is 0 Å². The fraction of sp³-hybridized carbons (Fsp3) is 0.714. The summed E-state index contributed by atoms with van der Waals surface area (Å²) in [4.78, 5) is 0. The molecule has 0 saturated carbocycles. The molecular formula is C21H37ClS. The van der Waals surface area contributed by atoms with Gasteiger partial charge in [0.1, 0.15) is 0 Å². The molecule has 0 aliphatic heterocycles. The van der Waals surface area contributed by atoms with Crippen molar-refractivity contribution < 1.29 is 0 Å². The molecule has 0 spiro atoms. The van der Waals surface area contributed by atoms with Gasteiger partial charge in [-0.15, -0.1) is 12.4 Å². The predicted molar refractivity (Wildman–Crippen MR) is 111 cm³/mol. The topological polar surface area (TPSA) is 0 Å². The first-order valence-electron chi connectivity index (χ1n) is 9.45. The van der Waals surface area contributed by atoms with E-state index in [2.05, 4.69) is 56.8 Å². The van der Waals surface area contributed by atoms with Crippen LogP contribution < -0.4 is 0 Å². The maximum atomic E-state index is 4.60. The molecule has 0 aliphatic rings. The molecule has 2 unspecified atom stereocenters. The Morgan fingerprint density at radius 1 is 0.826 bits per heavy atom. The van der Waals surface area contributed by atoms with E-state index in [-0.39, 0.29) is 12.4 Å². The second kappa shape index (κ2) is 15.4. The number of halogens is 1. The van der Waals surface area contributed by atoms with E-state index in [4.69, 9.17) is 0 Å². The van der Waals surface area contributed by atoms with Gasteiger partial charge in [-0.25, -0.2) is 0 Å². The second-order valence-corrected chi connectivity index (χ2v) is 7.12. The third-order valence-electron chi connectivity index (χ3n) is 4.95. The van der Waals surface area contributed by atoms with Crippen LogP contribution in [0.5, 0.6) is 0 Å². The molecule has 1 rings (SSSR count). The number of unbranched alkanes of at least 4 members (excludes halogenated alkanes) is 8. The van der Waals surface area contributed by atoms with Crippen LogP contribution in [0.1, 0.15) is 89.5 Å². The summed E-state index contributed by atoms with van der Waals surface area (Å²) < 4.78 is 0. The van der Waals surface area contributed by atoms with Gasteiger partial charge in [0.05, 0.1) is 0 Å². The van der Waals surface area contributed by atoms with Crippen molar-refractivity contribution in [1.82, 2.24) is 0 Å². The molecule has 0 N–H and O–H groups in total. The van der Waals surface area contributed by atoms with Crippen LogP contribution in [-0.2, 0) is 0 Å². The van der Waals surface area contributed by atoms with Gasteiger partial charge in [0.2, 0.25) is 0 Å². The van der Waals surface area contributed by atoms with Crippen molar-refractivity contribution >= 4 is 25.0 Å². The average molecular weight is 357 g/mol. The van der Waals surface area contributed by atoms with Gasteiger partial charge in [-0.2, -0.15) is 12.6 Å². The minimum absolute atomic E-state index is 0. The molecule has 0 amide bonds. The van der Waals surface area contributed by atoms with E-state index in [9.17, 15) is 0 Å². The van der Waals surface area contributed by atoms with Gasteiger partial charge in [0, 0.05) is 0 Å². The molecule has 134 valence electrons. The van der Waals surface area contributed by atoms with E-state index in [1.54, 1.807) is 0 Å². The van der Waals surface area contributed by atoms with E-state index in [0.717, 1.165) is 11.7 Å². The van der Waals surface area contributed by atoms with Crippen LogP contribution in [-0.4, -0.2) is 5.75 Å². The Morgan fingerprint density at radius 3 is 1.87 bits per heavy atom. The fourth-order valence-electron chi connectivity index (χ4n) is 3.25. The summed E-state index contributed by atoms with van der Waals surface area (Å²) >= 11 is 4.60. The van der Waals surface area contributed by atoms with Crippen molar-refractivity contribution in [3.8, 4) is 0 Å². The zero-order valence-corrected chi connectivity index (χ0v) is 16.9. The van der Waals surface area contributed by atoms with Gasteiger partial charge in [0.25, 0.3) is 0 Å². The van der Waals surface area contributed by atoms with E-state index >= 15 is 0 Å². The summed E-state index contributed by atoms with van der Waals surface area (Å²) in [5.41, 5.74) is 1.47.